The largest absolute Gasteiger partial charge is 0.341 e. The number of carbonyl (C=O) groups is 1. The SMILES string of the molecule is CN(CC(C)(C)CN)C(=O)c1cc(Cl)cc([N+](=O)[O-])c1.Cl. The van der Waals surface area contributed by atoms with Crippen LogP contribution in [0.15, 0.2) is 18.2 Å². The first-order valence-electron chi connectivity index (χ1n) is 6.07. The van der Waals surface area contributed by atoms with E-state index in [2.05, 4.69) is 0 Å². The summed E-state index contributed by atoms with van der Waals surface area (Å²) in [6, 6.07) is 3.85. The van der Waals surface area contributed by atoms with Crippen molar-refractivity contribution in [2.24, 2.45) is 11.1 Å². The van der Waals surface area contributed by atoms with Crippen molar-refractivity contribution in [3.8, 4) is 0 Å². The van der Waals surface area contributed by atoms with Gasteiger partial charge in [0.15, 0.2) is 0 Å². The van der Waals surface area contributed by atoms with Crippen LogP contribution in [0.5, 0.6) is 0 Å². The first-order valence-corrected chi connectivity index (χ1v) is 6.44. The van der Waals surface area contributed by atoms with Gasteiger partial charge in [-0.25, -0.2) is 0 Å². The maximum atomic E-state index is 12.3. The van der Waals surface area contributed by atoms with Crippen LogP contribution in [0.2, 0.25) is 5.02 Å². The van der Waals surface area contributed by atoms with Crippen LogP contribution in [0.3, 0.4) is 0 Å². The van der Waals surface area contributed by atoms with Gasteiger partial charge >= 0.3 is 0 Å². The number of carbonyl (C=O) groups excluding carboxylic acids is 1. The summed E-state index contributed by atoms with van der Waals surface area (Å²) in [5.74, 6) is -0.322. The molecular weight excluding hydrogens is 317 g/mol. The molecule has 0 unspecified atom stereocenters. The van der Waals surface area contributed by atoms with Crippen molar-refractivity contribution in [1.29, 1.82) is 0 Å². The fourth-order valence-electron chi connectivity index (χ4n) is 1.80. The number of hydrogen-bond acceptors (Lipinski definition) is 4. The highest BCUT2D eigenvalue weighted by molar-refractivity contribution is 6.31. The van der Waals surface area contributed by atoms with Gasteiger partial charge in [-0.15, -0.1) is 12.4 Å². The molecular formula is C13H19Cl2N3O3. The third-order valence-corrected chi connectivity index (χ3v) is 3.12. The summed E-state index contributed by atoms with van der Waals surface area (Å²) in [5, 5.41) is 10.9. The quantitative estimate of drug-likeness (QED) is 0.661. The van der Waals surface area contributed by atoms with Gasteiger partial charge in [0.2, 0.25) is 0 Å². The lowest BCUT2D eigenvalue weighted by molar-refractivity contribution is -0.384. The molecule has 0 saturated carbocycles. The van der Waals surface area contributed by atoms with Crippen molar-refractivity contribution < 1.29 is 9.72 Å². The second-order valence-electron chi connectivity index (χ2n) is 5.48. The molecule has 21 heavy (non-hydrogen) atoms. The van der Waals surface area contributed by atoms with E-state index in [1.807, 2.05) is 13.8 Å². The summed E-state index contributed by atoms with van der Waals surface area (Å²) in [5.41, 5.74) is 5.40. The average Bonchev–Trinajstić information content (AvgIpc) is 2.36. The van der Waals surface area contributed by atoms with E-state index in [1.54, 1.807) is 7.05 Å². The van der Waals surface area contributed by atoms with Crippen LogP contribution in [0.4, 0.5) is 5.69 Å². The van der Waals surface area contributed by atoms with Crippen LogP contribution < -0.4 is 5.73 Å². The molecule has 118 valence electrons. The van der Waals surface area contributed by atoms with Gasteiger partial charge in [-0.05, 0) is 18.0 Å². The standard InChI is InChI=1S/C13H18ClN3O3.ClH/c1-13(2,7-15)8-16(3)12(18)9-4-10(14)6-11(5-9)17(19)20;/h4-6H,7-8,15H2,1-3H3;1H. The number of nitro groups is 1. The van der Waals surface area contributed by atoms with Gasteiger partial charge in [0.05, 0.1) is 4.92 Å². The second kappa shape index (κ2) is 7.59. The maximum absolute atomic E-state index is 12.3. The Hall–Kier alpha value is -1.37. The van der Waals surface area contributed by atoms with Crippen molar-refractivity contribution >= 4 is 35.6 Å². The Morgan fingerprint density at radius 1 is 1.43 bits per heavy atom. The van der Waals surface area contributed by atoms with E-state index in [9.17, 15) is 14.9 Å². The smallest absolute Gasteiger partial charge is 0.271 e. The van der Waals surface area contributed by atoms with Gasteiger partial charge in [-0.2, -0.15) is 0 Å². The van der Waals surface area contributed by atoms with Crippen molar-refractivity contribution in [2.45, 2.75) is 13.8 Å². The fraction of sp³-hybridized carbons (Fsp3) is 0.462. The summed E-state index contributed by atoms with van der Waals surface area (Å²) in [7, 11) is 1.63. The number of halogens is 2. The first kappa shape index (κ1) is 19.6. The normalized spacial score (nSPS) is 10.7. The molecule has 0 radical (unpaired) electrons. The molecule has 0 atom stereocenters. The van der Waals surface area contributed by atoms with E-state index >= 15 is 0 Å². The molecule has 1 aromatic rings. The molecule has 0 aromatic heterocycles. The minimum absolute atomic E-state index is 0. The lowest BCUT2D eigenvalue weighted by atomic mass is 9.93. The zero-order valence-corrected chi connectivity index (χ0v) is 13.7. The molecule has 0 bridgehead atoms. The van der Waals surface area contributed by atoms with Crippen LogP contribution in [0.1, 0.15) is 24.2 Å². The minimum atomic E-state index is -0.577. The van der Waals surface area contributed by atoms with Crippen LogP contribution in [0.25, 0.3) is 0 Å². The van der Waals surface area contributed by atoms with Crippen LogP contribution in [-0.2, 0) is 0 Å². The fourth-order valence-corrected chi connectivity index (χ4v) is 2.03. The monoisotopic (exact) mass is 335 g/mol. The van der Waals surface area contributed by atoms with Crippen molar-refractivity contribution in [3.05, 3.63) is 38.9 Å². The molecule has 0 aliphatic carbocycles. The van der Waals surface area contributed by atoms with E-state index in [0.717, 1.165) is 0 Å². The summed E-state index contributed by atoms with van der Waals surface area (Å²) in [6.07, 6.45) is 0. The number of benzene rings is 1. The molecule has 0 heterocycles. The van der Waals surface area contributed by atoms with Gasteiger partial charge in [0.25, 0.3) is 11.6 Å². The molecule has 1 aromatic carbocycles. The zero-order valence-electron chi connectivity index (χ0n) is 12.1. The van der Waals surface area contributed by atoms with Crippen LogP contribution in [0, 0.1) is 15.5 Å². The highest BCUT2D eigenvalue weighted by Crippen LogP contribution is 2.23. The predicted molar refractivity (Wildman–Crippen MR) is 85.2 cm³/mol. The Kier molecular flexibility index (Phi) is 7.09. The highest BCUT2D eigenvalue weighted by Gasteiger charge is 2.23. The van der Waals surface area contributed by atoms with E-state index in [4.69, 9.17) is 17.3 Å². The Bertz CT molecular complexity index is 535. The molecule has 0 spiro atoms. The minimum Gasteiger partial charge on any atom is -0.341 e. The molecule has 0 fully saturated rings. The summed E-state index contributed by atoms with van der Waals surface area (Å²) < 4.78 is 0. The molecule has 2 N–H and O–H groups in total. The van der Waals surface area contributed by atoms with Crippen LogP contribution >= 0.6 is 24.0 Å². The number of hydrogen-bond donors (Lipinski definition) is 1. The predicted octanol–water partition coefficient (Wildman–Crippen LogP) is 2.73. The van der Waals surface area contributed by atoms with Gasteiger partial charge < -0.3 is 10.6 Å². The van der Waals surface area contributed by atoms with Crippen molar-refractivity contribution in [1.82, 2.24) is 4.90 Å². The molecule has 8 heteroatoms. The molecule has 0 saturated heterocycles. The summed E-state index contributed by atoms with van der Waals surface area (Å²) in [6.45, 7) is 4.76. The lowest BCUT2D eigenvalue weighted by Crippen LogP contribution is -2.39. The first-order chi connectivity index (χ1) is 9.16. The third-order valence-electron chi connectivity index (χ3n) is 2.90. The van der Waals surface area contributed by atoms with E-state index in [1.165, 1.54) is 23.1 Å². The Morgan fingerprint density at radius 2 is 2.00 bits per heavy atom. The molecule has 1 amide bonds. The van der Waals surface area contributed by atoms with Gasteiger partial charge in [0, 0.05) is 36.3 Å². The topological polar surface area (TPSA) is 89.5 Å². The van der Waals surface area contributed by atoms with Crippen molar-refractivity contribution in [3.63, 3.8) is 0 Å². The number of nitrogens with two attached hydrogens (primary N) is 1. The molecule has 1 rings (SSSR count). The maximum Gasteiger partial charge on any atom is 0.271 e. The number of amides is 1. The van der Waals surface area contributed by atoms with Crippen molar-refractivity contribution in [2.75, 3.05) is 20.1 Å². The molecule has 6 nitrogen and oxygen atoms in total. The Labute approximate surface area is 134 Å². The Morgan fingerprint density at radius 3 is 2.48 bits per heavy atom. The van der Waals surface area contributed by atoms with Crippen LogP contribution in [-0.4, -0.2) is 35.9 Å². The summed E-state index contributed by atoms with van der Waals surface area (Å²) in [4.78, 5) is 24.0. The number of nitrogens with zero attached hydrogens (tertiary/aromatic N) is 2. The van der Waals surface area contributed by atoms with Gasteiger partial charge in [-0.3, -0.25) is 14.9 Å². The average molecular weight is 336 g/mol. The van der Waals surface area contributed by atoms with E-state index < -0.39 is 4.92 Å². The Balaban J connectivity index is 0.00000400. The zero-order chi connectivity index (χ0) is 15.5. The van der Waals surface area contributed by atoms with E-state index in [0.29, 0.717) is 13.1 Å². The third kappa shape index (κ3) is 5.49. The second-order valence-corrected chi connectivity index (χ2v) is 5.92. The van der Waals surface area contributed by atoms with Gasteiger partial charge in [-0.1, -0.05) is 25.4 Å². The number of non-ortho nitro benzene ring substituents is 1. The lowest BCUT2D eigenvalue weighted by Gasteiger charge is -2.29. The molecule has 0 aliphatic rings. The van der Waals surface area contributed by atoms with E-state index in [-0.39, 0.29) is 40.0 Å². The number of nitro benzene ring substituents is 1. The van der Waals surface area contributed by atoms with Gasteiger partial charge in [0.1, 0.15) is 0 Å². The number of rotatable bonds is 5. The summed E-state index contributed by atoms with van der Waals surface area (Å²) >= 11 is 5.81. The highest BCUT2D eigenvalue weighted by atomic mass is 35.5. The molecule has 0 aliphatic heterocycles.